The molecule has 0 saturated heterocycles. The van der Waals surface area contributed by atoms with Crippen LogP contribution in [-0.2, 0) is 6.18 Å². The Morgan fingerprint density at radius 1 is 1.12 bits per heavy atom. The first kappa shape index (κ1) is 23.1. The average Bonchev–Trinajstić information content (AvgIpc) is 2.76. The number of aliphatic hydroxyl groups is 1. The molecule has 3 N–H and O–H groups in total. The number of pyridine rings is 1. The standard InChI is InChI=1S/C22H22F3N5O2/c1-3-16(12-31)28-20(32)18-5-4-14(11-27-18)15-8-13(2)9-17(10-15)29-21-26-7-6-19(30-21)22(23,24)25/h4-11,16,31H,3,12H2,1-2H3,(H,28,32)(H,26,29,30). The molecule has 0 fully saturated rings. The summed E-state index contributed by atoms with van der Waals surface area (Å²) in [5, 5.41) is 14.7. The minimum absolute atomic E-state index is 0.158. The molecule has 1 unspecified atom stereocenters. The highest BCUT2D eigenvalue weighted by Crippen LogP contribution is 2.29. The van der Waals surface area contributed by atoms with E-state index >= 15 is 0 Å². The molecule has 0 bridgehead atoms. The van der Waals surface area contributed by atoms with Gasteiger partial charge in [-0.3, -0.25) is 9.78 Å². The van der Waals surface area contributed by atoms with Crippen LogP contribution in [0.1, 0.15) is 35.1 Å². The van der Waals surface area contributed by atoms with E-state index in [2.05, 4.69) is 25.6 Å². The molecular formula is C22H22F3N5O2. The van der Waals surface area contributed by atoms with Crippen LogP contribution in [0.5, 0.6) is 0 Å². The summed E-state index contributed by atoms with van der Waals surface area (Å²) in [5.74, 6) is -0.554. The van der Waals surface area contributed by atoms with Crippen molar-refractivity contribution in [2.75, 3.05) is 11.9 Å². The van der Waals surface area contributed by atoms with Gasteiger partial charge in [0.2, 0.25) is 5.95 Å². The van der Waals surface area contributed by atoms with Crippen LogP contribution in [0.3, 0.4) is 0 Å². The van der Waals surface area contributed by atoms with E-state index < -0.39 is 11.9 Å². The van der Waals surface area contributed by atoms with Crippen LogP contribution in [0, 0.1) is 6.92 Å². The molecule has 0 radical (unpaired) electrons. The average molecular weight is 445 g/mol. The highest BCUT2D eigenvalue weighted by atomic mass is 19.4. The molecule has 0 aliphatic rings. The normalized spacial score (nSPS) is 12.3. The Morgan fingerprint density at radius 3 is 2.53 bits per heavy atom. The first-order chi connectivity index (χ1) is 15.2. The summed E-state index contributed by atoms with van der Waals surface area (Å²) in [6, 6.07) is 9.12. The van der Waals surface area contributed by atoms with Gasteiger partial charge in [-0.1, -0.05) is 19.1 Å². The zero-order chi connectivity index (χ0) is 23.3. The van der Waals surface area contributed by atoms with Crippen molar-refractivity contribution in [3.8, 4) is 11.1 Å². The second kappa shape index (κ2) is 9.73. The second-order valence-corrected chi connectivity index (χ2v) is 7.17. The predicted molar refractivity (Wildman–Crippen MR) is 113 cm³/mol. The van der Waals surface area contributed by atoms with Gasteiger partial charge < -0.3 is 15.7 Å². The van der Waals surface area contributed by atoms with Crippen molar-refractivity contribution in [2.24, 2.45) is 0 Å². The number of alkyl halides is 3. The van der Waals surface area contributed by atoms with Gasteiger partial charge in [-0.15, -0.1) is 0 Å². The van der Waals surface area contributed by atoms with Crippen molar-refractivity contribution in [3.63, 3.8) is 0 Å². The molecule has 0 aliphatic heterocycles. The minimum Gasteiger partial charge on any atom is -0.394 e. The molecule has 2 heterocycles. The maximum Gasteiger partial charge on any atom is 0.433 e. The summed E-state index contributed by atoms with van der Waals surface area (Å²) in [5.41, 5.74) is 2.01. The van der Waals surface area contributed by atoms with E-state index in [1.54, 1.807) is 24.3 Å². The van der Waals surface area contributed by atoms with E-state index in [0.717, 1.165) is 23.4 Å². The van der Waals surface area contributed by atoms with E-state index in [1.165, 1.54) is 6.20 Å². The largest absolute Gasteiger partial charge is 0.433 e. The number of amides is 1. The van der Waals surface area contributed by atoms with Crippen LogP contribution in [0.15, 0.2) is 48.8 Å². The summed E-state index contributed by atoms with van der Waals surface area (Å²) in [7, 11) is 0. The molecule has 1 atom stereocenters. The van der Waals surface area contributed by atoms with Gasteiger partial charge in [-0.2, -0.15) is 13.2 Å². The molecule has 10 heteroatoms. The Labute approximate surface area is 182 Å². The van der Waals surface area contributed by atoms with E-state index in [1.807, 2.05) is 19.9 Å². The monoisotopic (exact) mass is 445 g/mol. The third-order valence-corrected chi connectivity index (χ3v) is 4.66. The molecule has 2 aromatic heterocycles. The van der Waals surface area contributed by atoms with E-state index in [9.17, 15) is 23.1 Å². The quantitative estimate of drug-likeness (QED) is 0.506. The Morgan fingerprint density at radius 2 is 1.91 bits per heavy atom. The van der Waals surface area contributed by atoms with Crippen LogP contribution in [0.4, 0.5) is 24.8 Å². The third kappa shape index (κ3) is 5.79. The van der Waals surface area contributed by atoms with Crippen LogP contribution >= 0.6 is 0 Å². The van der Waals surface area contributed by atoms with E-state index in [0.29, 0.717) is 17.7 Å². The number of halogens is 3. The number of nitrogens with one attached hydrogen (secondary N) is 2. The zero-order valence-electron chi connectivity index (χ0n) is 17.4. The lowest BCUT2D eigenvalue weighted by Gasteiger charge is -2.14. The number of aliphatic hydroxyl groups excluding tert-OH is 1. The van der Waals surface area contributed by atoms with Crippen LogP contribution < -0.4 is 10.6 Å². The topological polar surface area (TPSA) is 100 Å². The second-order valence-electron chi connectivity index (χ2n) is 7.17. The van der Waals surface area contributed by atoms with Gasteiger partial charge in [0, 0.05) is 23.6 Å². The Hall–Kier alpha value is -3.53. The summed E-state index contributed by atoms with van der Waals surface area (Å²) >= 11 is 0. The molecule has 0 aliphatic carbocycles. The van der Waals surface area contributed by atoms with Crippen molar-refractivity contribution in [3.05, 3.63) is 65.7 Å². The number of anilines is 2. The molecule has 1 aromatic carbocycles. The maximum atomic E-state index is 12.9. The molecule has 7 nitrogen and oxygen atoms in total. The number of rotatable bonds is 7. The number of nitrogens with zero attached hydrogens (tertiary/aromatic N) is 3. The minimum atomic E-state index is -4.56. The van der Waals surface area contributed by atoms with E-state index in [-0.39, 0.29) is 30.2 Å². The Balaban J connectivity index is 1.81. The number of carbonyl (C=O) groups excluding carboxylic acids is 1. The van der Waals surface area contributed by atoms with Crippen molar-refractivity contribution < 1.29 is 23.1 Å². The lowest BCUT2D eigenvalue weighted by molar-refractivity contribution is -0.141. The summed E-state index contributed by atoms with van der Waals surface area (Å²) in [6.07, 6.45) is -1.39. The number of aromatic nitrogens is 3. The van der Waals surface area contributed by atoms with Crippen molar-refractivity contribution in [2.45, 2.75) is 32.5 Å². The van der Waals surface area contributed by atoms with Gasteiger partial charge >= 0.3 is 6.18 Å². The zero-order valence-corrected chi connectivity index (χ0v) is 17.4. The molecule has 32 heavy (non-hydrogen) atoms. The highest BCUT2D eigenvalue weighted by molar-refractivity contribution is 5.92. The first-order valence-corrected chi connectivity index (χ1v) is 9.86. The fourth-order valence-electron chi connectivity index (χ4n) is 2.96. The summed E-state index contributed by atoms with van der Waals surface area (Å²) in [4.78, 5) is 23.8. The van der Waals surface area contributed by atoms with E-state index in [4.69, 9.17) is 0 Å². The van der Waals surface area contributed by atoms with Crippen LogP contribution in [0.2, 0.25) is 0 Å². The fourth-order valence-corrected chi connectivity index (χ4v) is 2.96. The predicted octanol–water partition coefficient (Wildman–Crippen LogP) is 4.11. The number of benzene rings is 1. The molecule has 168 valence electrons. The molecule has 1 amide bonds. The van der Waals surface area contributed by atoms with Crippen molar-refractivity contribution in [1.29, 1.82) is 0 Å². The van der Waals surface area contributed by atoms with Gasteiger partial charge in [0.1, 0.15) is 11.4 Å². The first-order valence-electron chi connectivity index (χ1n) is 9.86. The molecule has 3 rings (SSSR count). The summed E-state index contributed by atoms with van der Waals surface area (Å²) in [6.45, 7) is 3.54. The number of aryl methyl sites for hydroxylation is 1. The molecular weight excluding hydrogens is 423 g/mol. The van der Waals surface area contributed by atoms with Gasteiger partial charge in [0.15, 0.2) is 0 Å². The van der Waals surface area contributed by atoms with Crippen LogP contribution in [-0.4, -0.2) is 38.6 Å². The Kier molecular flexibility index (Phi) is 7.04. The van der Waals surface area contributed by atoms with Crippen LogP contribution in [0.25, 0.3) is 11.1 Å². The smallest absolute Gasteiger partial charge is 0.394 e. The fraction of sp³-hybridized carbons (Fsp3) is 0.273. The van der Waals surface area contributed by atoms with Gasteiger partial charge in [-0.05, 0) is 48.7 Å². The number of hydrogen-bond donors (Lipinski definition) is 3. The SMILES string of the molecule is CCC(CO)NC(=O)c1ccc(-c2cc(C)cc(Nc3nccc(C(F)(F)F)n3)c2)cn1. The lowest BCUT2D eigenvalue weighted by atomic mass is 10.0. The van der Waals surface area contributed by atoms with Gasteiger partial charge in [0.05, 0.1) is 12.6 Å². The van der Waals surface area contributed by atoms with Gasteiger partial charge in [-0.25, -0.2) is 9.97 Å². The molecule has 0 saturated carbocycles. The van der Waals surface area contributed by atoms with Gasteiger partial charge in [0.25, 0.3) is 5.91 Å². The van der Waals surface area contributed by atoms with Crippen molar-refractivity contribution in [1.82, 2.24) is 20.3 Å². The maximum absolute atomic E-state index is 12.9. The number of carbonyl (C=O) groups is 1. The third-order valence-electron chi connectivity index (χ3n) is 4.66. The molecule has 0 spiro atoms. The summed E-state index contributed by atoms with van der Waals surface area (Å²) < 4.78 is 38.7. The van der Waals surface area contributed by atoms with Crippen molar-refractivity contribution >= 4 is 17.5 Å². The number of hydrogen-bond acceptors (Lipinski definition) is 6. The molecule has 3 aromatic rings. The Bertz CT molecular complexity index is 1080. The highest BCUT2D eigenvalue weighted by Gasteiger charge is 2.32. The lowest BCUT2D eigenvalue weighted by Crippen LogP contribution is -2.37.